The molecule has 3 N–H and O–H groups in total. The summed E-state index contributed by atoms with van der Waals surface area (Å²) in [4.78, 5) is 13.5. The number of nitrogens with two attached hydrogens (primary N) is 1. The van der Waals surface area contributed by atoms with Crippen molar-refractivity contribution in [3.05, 3.63) is 11.3 Å². The highest BCUT2D eigenvalue weighted by Crippen LogP contribution is 2.42. The molecule has 0 radical (unpaired) electrons. The van der Waals surface area contributed by atoms with Crippen molar-refractivity contribution in [2.75, 3.05) is 6.54 Å². The largest absolute Gasteiger partial charge is 0.480 e. The van der Waals surface area contributed by atoms with Crippen molar-refractivity contribution in [2.45, 2.75) is 25.7 Å². The third-order valence-electron chi connectivity index (χ3n) is 2.69. The molecule has 0 aliphatic heterocycles. The standard InChI is InChI=1S/C10H12F4N2O2/c1-4-2-5(7(15)9(11)12)8(10(4,13)14)16-3-6(17)18/h4,9H,2-3,15H2,1H3,(H,17,18)/t4-/m1/s1. The summed E-state index contributed by atoms with van der Waals surface area (Å²) in [6.45, 7) is 0.264. The molecule has 1 rings (SSSR count). The van der Waals surface area contributed by atoms with Crippen molar-refractivity contribution >= 4 is 11.7 Å². The highest BCUT2D eigenvalue weighted by atomic mass is 19.3. The molecule has 8 heteroatoms. The average molecular weight is 268 g/mol. The van der Waals surface area contributed by atoms with Gasteiger partial charge in [0.2, 0.25) is 0 Å². The Hall–Kier alpha value is -1.60. The minimum absolute atomic E-state index is 0.346. The summed E-state index contributed by atoms with van der Waals surface area (Å²) < 4.78 is 52.2. The Balaban J connectivity index is 3.24. The summed E-state index contributed by atoms with van der Waals surface area (Å²) in [5, 5.41) is 8.40. The monoisotopic (exact) mass is 268 g/mol. The van der Waals surface area contributed by atoms with Crippen LogP contribution in [-0.2, 0) is 4.79 Å². The van der Waals surface area contributed by atoms with Gasteiger partial charge in [-0.15, -0.1) is 0 Å². The van der Waals surface area contributed by atoms with E-state index in [9.17, 15) is 22.4 Å². The van der Waals surface area contributed by atoms with Gasteiger partial charge in [0.25, 0.3) is 12.3 Å². The van der Waals surface area contributed by atoms with E-state index < -0.39 is 47.8 Å². The van der Waals surface area contributed by atoms with Gasteiger partial charge in [-0.05, 0) is 6.42 Å². The first-order valence-corrected chi connectivity index (χ1v) is 5.09. The number of carboxylic acids is 1. The number of hydrogen-bond donors (Lipinski definition) is 2. The van der Waals surface area contributed by atoms with Crippen molar-refractivity contribution in [1.82, 2.24) is 0 Å². The predicted octanol–water partition coefficient (Wildman–Crippen LogP) is 1.67. The first kappa shape index (κ1) is 14.5. The lowest BCUT2D eigenvalue weighted by atomic mass is 10.1. The van der Waals surface area contributed by atoms with Gasteiger partial charge in [-0.2, -0.15) is 8.78 Å². The molecular weight excluding hydrogens is 256 g/mol. The Morgan fingerprint density at radius 1 is 1.61 bits per heavy atom. The molecule has 0 bridgehead atoms. The number of alkyl halides is 4. The smallest absolute Gasteiger partial charge is 0.325 e. The predicted molar refractivity (Wildman–Crippen MR) is 55.9 cm³/mol. The fourth-order valence-electron chi connectivity index (χ4n) is 1.70. The van der Waals surface area contributed by atoms with Crippen LogP contribution in [0.3, 0.4) is 0 Å². The van der Waals surface area contributed by atoms with Gasteiger partial charge < -0.3 is 10.8 Å². The van der Waals surface area contributed by atoms with Crippen LogP contribution in [0.2, 0.25) is 0 Å². The van der Waals surface area contributed by atoms with Crippen LogP contribution in [0.25, 0.3) is 0 Å². The van der Waals surface area contributed by atoms with Crippen LogP contribution >= 0.6 is 0 Å². The SMILES string of the molecule is C[C@@H]1CC(=C(N)C(F)F)C(=NCC(=O)O)C1(F)F. The van der Waals surface area contributed by atoms with E-state index in [-0.39, 0.29) is 6.42 Å². The molecule has 0 aromatic heterocycles. The van der Waals surface area contributed by atoms with Crippen molar-refractivity contribution < 1.29 is 27.5 Å². The normalized spacial score (nSPS) is 27.9. The Bertz CT molecular complexity index is 418. The highest BCUT2D eigenvalue weighted by molar-refractivity contribution is 6.08. The van der Waals surface area contributed by atoms with Gasteiger partial charge in [0.05, 0.1) is 5.70 Å². The van der Waals surface area contributed by atoms with E-state index >= 15 is 0 Å². The number of rotatable bonds is 3. The molecule has 1 atom stereocenters. The second kappa shape index (κ2) is 4.95. The van der Waals surface area contributed by atoms with Crippen LogP contribution in [0.1, 0.15) is 13.3 Å². The molecule has 1 saturated carbocycles. The van der Waals surface area contributed by atoms with Crippen LogP contribution in [0, 0.1) is 5.92 Å². The topological polar surface area (TPSA) is 75.7 Å². The molecule has 0 unspecified atom stereocenters. The fourth-order valence-corrected chi connectivity index (χ4v) is 1.70. The van der Waals surface area contributed by atoms with Crippen molar-refractivity contribution in [1.29, 1.82) is 0 Å². The van der Waals surface area contributed by atoms with Gasteiger partial charge in [-0.1, -0.05) is 6.92 Å². The number of aliphatic carboxylic acids is 1. The van der Waals surface area contributed by atoms with Crippen molar-refractivity contribution in [3.63, 3.8) is 0 Å². The van der Waals surface area contributed by atoms with E-state index in [4.69, 9.17) is 10.8 Å². The molecule has 0 aromatic carbocycles. The molecule has 1 fully saturated rings. The zero-order chi connectivity index (χ0) is 14.1. The number of carbonyl (C=O) groups is 1. The minimum Gasteiger partial charge on any atom is -0.480 e. The maximum absolute atomic E-state index is 13.7. The van der Waals surface area contributed by atoms with E-state index in [0.717, 1.165) is 0 Å². The Morgan fingerprint density at radius 3 is 2.61 bits per heavy atom. The lowest BCUT2D eigenvalue weighted by Crippen LogP contribution is -2.30. The summed E-state index contributed by atoms with van der Waals surface area (Å²) in [7, 11) is 0. The number of carboxylic acid groups (broad SMARTS) is 1. The van der Waals surface area contributed by atoms with Crippen molar-refractivity contribution in [3.8, 4) is 0 Å². The van der Waals surface area contributed by atoms with Gasteiger partial charge >= 0.3 is 5.97 Å². The number of allylic oxidation sites excluding steroid dienone is 2. The Morgan fingerprint density at radius 2 is 2.17 bits per heavy atom. The van der Waals surface area contributed by atoms with Crippen LogP contribution in [0.15, 0.2) is 16.3 Å². The lowest BCUT2D eigenvalue weighted by molar-refractivity contribution is -0.135. The average Bonchev–Trinajstić information content (AvgIpc) is 2.46. The molecular formula is C10H12F4N2O2. The van der Waals surface area contributed by atoms with E-state index in [0.29, 0.717) is 0 Å². The van der Waals surface area contributed by atoms with Gasteiger partial charge in [0.1, 0.15) is 12.3 Å². The van der Waals surface area contributed by atoms with Crippen LogP contribution < -0.4 is 5.73 Å². The van der Waals surface area contributed by atoms with Crippen LogP contribution in [0.5, 0.6) is 0 Å². The molecule has 4 nitrogen and oxygen atoms in total. The molecule has 0 heterocycles. The van der Waals surface area contributed by atoms with E-state index in [1.807, 2.05) is 0 Å². The molecule has 0 amide bonds. The quantitative estimate of drug-likeness (QED) is 0.764. The maximum atomic E-state index is 13.7. The number of aliphatic imine (C=N–C) groups is 1. The third-order valence-corrected chi connectivity index (χ3v) is 2.69. The van der Waals surface area contributed by atoms with Gasteiger partial charge in [-0.3, -0.25) is 9.79 Å². The number of nitrogens with zero attached hydrogens (tertiary/aromatic N) is 1. The fraction of sp³-hybridized carbons (Fsp3) is 0.600. The third kappa shape index (κ3) is 2.62. The minimum atomic E-state index is -3.44. The first-order chi connectivity index (χ1) is 8.17. The number of hydrogen-bond acceptors (Lipinski definition) is 3. The first-order valence-electron chi connectivity index (χ1n) is 5.09. The Kier molecular flexibility index (Phi) is 3.98. The summed E-state index contributed by atoms with van der Waals surface area (Å²) in [5.74, 6) is -6.10. The van der Waals surface area contributed by atoms with Gasteiger partial charge in [0.15, 0.2) is 0 Å². The molecule has 0 spiro atoms. The van der Waals surface area contributed by atoms with E-state index in [2.05, 4.69) is 4.99 Å². The summed E-state index contributed by atoms with van der Waals surface area (Å²) >= 11 is 0. The molecule has 1 aliphatic rings. The molecule has 1 aliphatic carbocycles. The number of halogens is 4. The van der Waals surface area contributed by atoms with E-state index in [1.165, 1.54) is 6.92 Å². The second-order valence-electron chi connectivity index (χ2n) is 4.02. The van der Waals surface area contributed by atoms with Crippen molar-refractivity contribution in [2.24, 2.45) is 16.6 Å². The lowest BCUT2D eigenvalue weighted by Gasteiger charge is -2.14. The Labute approximate surface area is 100 Å². The zero-order valence-corrected chi connectivity index (χ0v) is 9.46. The molecule has 18 heavy (non-hydrogen) atoms. The summed E-state index contributed by atoms with van der Waals surface area (Å²) in [6.07, 6.45) is -3.42. The van der Waals surface area contributed by atoms with Crippen LogP contribution in [0.4, 0.5) is 17.6 Å². The second-order valence-corrected chi connectivity index (χ2v) is 4.02. The summed E-state index contributed by atoms with van der Waals surface area (Å²) in [5.41, 5.74) is 2.72. The molecule has 0 aromatic rings. The maximum Gasteiger partial charge on any atom is 0.325 e. The molecule has 102 valence electrons. The van der Waals surface area contributed by atoms with E-state index in [1.54, 1.807) is 0 Å². The summed E-state index contributed by atoms with van der Waals surface area (Å²) in [6, 6.07) is 0. The van der Waals surface area contributed by atoms with Gasteiger partial charge in [-0.25, -0.2) is 8.78 Å². The van der Waals surface area contributed by atoms with Gasteiger partial charge in [0, 0.05) is 11.5 Å². The highest BCUT2D eigenvalue weighted by Gasteiger charge is 2.51. The zero-order valence-electron chi connectivity index (χ0n) is 9.46. The molecule has 0 saturated heterocycles. The van der Waals surface area contributed by atoms with Crippen LogP contribution in [-0.4, -0.2) is 35.7 Å².